The number of rotatable bonds is 26. The maximum Gasteiger partial charge on any atom is 0.343 e. The summed E-state index contributed by atoms with van der Waals surface area (Å²) in [4.78, 5) is 26.4. The third-order valence-corrected chi connectivity index (χ3v) is 9.36. The summed E-state index contributed by atoms with van der Waals surface area (Å²) in [6.07, 6.45) is 19.8. The van der Waals surface area contributed by atoms with E-state index in [1.54, 1.807) is 60.7 Å². The summed E-state index contributed by atoms with van der Waals surface area (Å²) in [7, 11) is 0. The molecule has 8 heteroatoms. The van der Waals surface area contributed by atoms with Crippen molar-refractivity contribution in [3.8, 4) is 23.0 Å². The van der Waals surface area contributed by atoms with Crippen LogP contribution in [-0.4, -0.2) is 25.2 Å². The Morgan fingerprint density at radius 1 is 0.473 bits per heavy atom. The van der Waals surface area contributed by atoms with Gasteiger partial charge >= 0.3 is 11.9 Å². The maximum atomic E-state index is 13.3. The van der Waals surface area contributed by atoms with Crippen LogP contribution in [0.25, 0.3) is 0 Å². The molecule has 0 heterocycles. The van der Waals surface area contributed by atoms with Gasteiger partial charge in [-0.25, -0.2) is 9.59 Å². The highest BCUT2D eigenvalue weighted by molar-refractivity contribution is 5.93. The van der Waals surface area contributed by atoms with Crippen molar-refractivity contribution in [2.45, 2.75) is 124 Å². The number of benzene rings is 4. The SMILES string of the molecule is CCCCCCCCCCOc1ccc(C(=O)Oc2ccc(N=Nc3ccc(C)cc3)c(OC(=O)c3ccc(OCCCCCCCCCC)cc3)c2)cc1. The molecule has 0 atom stereocenters. The minimum Gasteiger partial charge on any atom is -0.494 e. The van der Waals surface area contributed by atoms with E-state index in [-0.39, 0.29) is 11.5 Å². The Morgan fingerprint density at radius 2 is 0.909 bits per heavy atom. The molecule has 0 unspecified atom stereocenters. The van der Waals surface area contributed by atoms with Crippen molar-refractivity contribution in [3.05, 3.63) is 108 Å². The lowest BCUT2D eigenvalue weighted by Gasteiger charge is -2.11. The molecule has 55 heavy (non-hydrogen) atoms. The second kappa shape index (κ2) is 25.2. The van der Waals surface area contributed by atoms with Gasteiger partial charge in [0.05, 0.1) is 30.0 Å². The fraction of sp³-hybridized carbons (Fsp3) is 0.447. The van der Waals surface area contributed by atoms with Crippen molar-refractivity contribution in [1.82, 2.24) is 0 Å². The largest absolute Gasteiger partial charge is 0.494 e. The Labute approximate surface area is 328 Å². The second-order valence-corrected chi connectivity index (χ2v) is 14.1. The van der Waals surface area contributed by atoms with Crippen molar-refractivity contribution in [3.63, 3.8) is 0 Å². The van der Waals surface area contributed by atoms with Crippen LogP contribution in [0, 0.1) is 6.92 Å². The third-order valence-electron chi connectivity index (χ3n) is 9.36. The number of azo groups is 1. The van der Waals surface area contributed by atoms with Crippen molar-refractivity contribution < 1.29 is 28.5 Å². The molecule has 294 valence electrons. The Bertz CT molecular complexity index is 1720. The molecule has 0 aliphatic heterocycles. The summed E-state index contributed by atoms with van der Waals surface area (Å²) >= 11 is 0. The first-order valence-electron chi connectivity index (χ1n) is 20.5. The maximum absolute atomic E-state index is 13.3. The van der Waals surface area contributed by atoms with Crippen LogP contribution < -0.4 is 18.9 Å². The van der Waals surface area contributed by atoms with E-state index in [1.807, 2.05) is 31.2 Å². The predicted octanol–water partition coefficient (Wildman–Crippen LogP) is 13.9. The van der Waals surface area contributed by atoms with Crippen LogP contribution >= 0.6 is 0 Å². The number of ether oxygens (including phenoxy) is 4. The molecule has 0 aromatic heterocycles. The van der Waals surface area contributed by atoms with Crippen LogP contribution in [0.4, 0.5) is 11.4 Å². The summed E-state index contributed by atoms with van der Waals surface area (Å²) in [6, 6.07) is 26.1. The first-order chi connectivity index (χ1) is 26.9. The summed E-state index contributed by atoms with van der Waals surface area (Å²) in [5.74, 6) is 0.563. The van der Waals surface area contributed by atoms with E-state index in [9.17, 15) is 9.59 Å². The molecule has 0 amide bonds. The molecule has 0 saturated heterocycles. The van der Waals surface area contributed by atoms with Gasteiger partial charge in [-0.2, -0.15) is 5.11 Å². The molecule has 4 aromatic rings. The second-order valence-electron chi connectivity index (χ2n) is 14.1. The lowest BCUT2D eigenvalue weighted by molar-refractivity contribution is 0.0733. The van der Waals surface area contributed by atoms with Gasteiger partial charge in [0, 0.05) is 6.07 Å². The third kappa shape index (κ3) is 16.5. The van der Waals surface area contributed by atoms with Crippen LogP contribution in [0.15, 0.2) is 101 Å². The van der Waals surface area contributed by atoms with Crippen molar-refractivity contribution in [2.24, 2.45) is 10.2 Å². The van der Waals surface area contributed by atoms with Gasteiger partial charge in [-0.15, -0.1) is 5.11 Å². The number of aryl methyl sites for hydroxylation is 1. The standard InChI is InChI=1S/C47H60N2O6/c1-4-6-8-10-12-14-16-18-34-52-41-28-22-38(23-29-41)46(50)54-43-32-33-44(49-48-40-26-20-37(3)21-27-40)45(36-43)55-47(51)39-24-30-42(31-25-39)53-35-19-17-15-13-11-9-7-5-2/h20-33,36H,4-19,34-35H2,1-3H3. The molecule has 0 N–H and O–H groups in total. The van der Waals surface area contributed by atoms with E-state index in [1.165, 1.54) is 83.1 Å². The van der Waals surface area contributed by atoms with Gasteiger partial charge in [-0.1, -0.05) is 121 Å². The molecule has 4 aromatic carbocycles. The van der Waals surface area contributed by atoms with Gasteiger partial charge in [0.2, 0.25) is 0 Å². The van der Waals surface area contributed by atoms with Gasteiger partial charge in [0.25, 0.3) is 0 Å². The lowest BCUT2D eigenvalue weighted by Crippen LogP contribution is -2.10. The molecule has 0 bridgehead atoms. The summed E-state index contributed by atoms with van der Waals surface area (Å²) in [5, 5.41) is 8.68. The molecular weight excluding hydrogens is 689 g/mol. The summed E-state index contributed by atoms with van der Waals surface area (Å²) in [5.41, 5.74) is 2.76. The number of carbonyl (C=O) groups excluding carboxylic acids is 2. The van der Waals surface area contributed by atoms with Crippen molar-refractivity contribution >= 4 is 23.3 Å². The monoisotopic (exact) mass is 748 g/mol. The average Bonchev–Trinajstić information content (AvgIpc) is 3.20. The molecule has 8 nitrogen and oxygen atoms in total. The van der Waals surface area contributed by atoms with Gasteiger partial charge in [-0.3, -0.25) is 0 Å². The average molecular weight is 749 g/mol. The molecule has 0 fully saturated rings. The van der Waals surface area contributed by atoms with Crippen LogP contribution in [-0.2, 0) is 0 Å². The number of hydrogen-bond donors (Lipinski definition) is 0. The molecule has 0 spiro atoms. The Morgan fingerprint density at radius 3 is 1.40 bits per heavy atom. The fourth-order valence-corrected chi connectivity index (χ4v) is 6.00. The quantitative estimate of drug-likeness (QED) is 0.0274. The van der Waals surface area contributed by atoms with Crippen LogP contribution in [0.3, 0.4) is 0 Å². The van der Waals surface area contributed by atoms with Gasteiger partial charge in [-0.05, 0) is 92.6 Å². The first-order valence-corrected chi connectivity index (χ1v) is 20.5. The molecule has 0 aliphatic carbocycles. The van der Waals surface area contributed by atoms with E-state index in [2.05, 4.69) is 24.1 Å². The van der Waals surface area contributed by atoms with Gasteiger partial charge in [0.15, 0.2) is 5.75 Å². The van der Waals surface area contributed by atoms with E-state index in [0.29, 0.717) is 47.2 Å². The number of nitrogens with zero attached hydrogens (tertiary/aromatic N) is 2. The first kappa shape index (κ1) is 42.8. The van der Waals surface area contributed by atoms with E-state index in [0.717, 1.165) is 31.2 Å². The highest BCUT2D eigenvalue weighted by Gasteiger charge is 2.16. The van der Waals surface area contributed by atoms with Crippen LogP contribution in [0.5, 0.6) is 23.0 Å². The molecule has 0 saturated carbocycles. The number of carbonyl (C=O) groups is 2. The number of hydrogen-bond acceptors (Lipinski definition) is 8. The zero-order valence-electron chi connectivity index (χ0n) is 33.2. The number of esters is 2. The molecular formula is C47H60N2O6. The van der Waals surface area contributed by atoms with Gasteiger partial charge < -0.3 is 18.9 Å². The minimum atomic E-state index is -0.590. The lowest BCUT2D eigenvalue weighted by atomic mass is 10.1. The topological polar surface area (TPSA) is 95.8 Å². The molecule has 0 aliphatic rings. The van der Waals surface area contributed by atoms with Crippen LogP contribution in [0.2, 0.25) is 0 Å². The van der Waals surface area contributed by atoms with E-state index < -0.39 is 11.9 Å². The predicted molar refractivity (Wildman–Crippen MR) is 221 cm³/mol. The fourth-order valence-electron chi connectivity index (χ4n) is 6.00. The zero-order valence-corrected chi connectivity index (χ0v) is 33.2. The highest BCUT2D eigenvalue weighted by Crippen LogP contribution is 2.34. The Hall–Kier alpha value is -4.98. The summed E-state index contributed by atoms with van der Waals surface area (Å²) < 4.78 is 23.3. The van der Waals surface area contributed by atoms with Crippen molar-refractivity contribution in [2.75, 3.05) is 13.2 Å². The zero-order chi connectivity index (χ0) is 38.9. The van der Waals surface area contributed by atoms with Gasteiger partial charge in [0.1, 0.15) is 22.9 Å². The minimum absolute atomic E-state index is 0.103. The normalized spacial score (nSPS) is 11.1. The smallest absolute Gasteiger partial charge is 0.343 e. The Kier molecular flexibility index (Phi) is 19.6. The number of unbranched alkanes of at least 4 members (excludes halogenated alkanes) is 14. The highest BCUT2D eigenvalue weighted by atomic mass is 16.5. The van der Waals surface area contributed by atoms with E-state index >= 15 is 0 Å². The van der Waals surface area contributed by atoms with Crippen molar-refractivity contribution in [1.29, 1.82) is 0 Å². The molecule has 0 radical (unpaired) electrons. The van der Waals surface area contributed by atoms with Crippen LogP contribution in [0.1, 0.15) is 143 Å². The summed E-state index contributed by atoms with van der Waals surface area (Å²) in [6.45, 7) is 7.75. The van der Waals surface area contributed by atoms with E-state index in [4.69, 9.17) is 18.9 Å². The Balaban J connectivity index is 1.33. The molecule has 4 rings (SSSR count).